The van der Waals surface area contributed by atoms with E-state index in [1.54, 1.807) is 0 Å². The Balaban J connectivity index is 1.63. The van der Waals surface area contributed by atoms with Crippen molar-refractivity contribution in [3.63, 3.8) is 0 Å². The number of likely N-dealkylation sites (N-methyl/N-ethyl adjacent to an activating group) is 1. The van der Waals surface area contributed by atoms with Gasteiger partial charge in [0.2, 0.25) is 11.8 Å². The van der Waals surface area contributed by atoms with Crippen LogP contribution in [0.15, 0.2) is 12.2 Å². The number of carbonyl (C=O) groups excluding carboxylic acids is 2. The summed E-state index contributed by atoms with van der Waals surface area (Å²) in [5.74, 6) is -0.123. The average molecular weight is 321 g/mol. The molecule has 2 amide bonds. The van der Waals surface area contributed by atoms with Crippen molar-refractivity contribution in [1.29, 1.82) is 0 Å². The molecule has 2 heterocycles. The predicted molar refractivity (Wildman–Crippen MR) is 86.8 cm³/mol. The van der Waals surface area contributed by atoms with Crippen molar-refractivity contribution >= 4 is 11.8 Å². The standard InChI is InChI=1S/C17H27N3O3/c1-18(2)13-11-20(12-13)17(22)15-6-4-3-5-14(15)16(21)19-7-9-23-10-8-19/h3-4,13-15H,5-12H2,1-2H3. The number of rotatable bonds is 3. The molecule has 6 nitrogen and oxygen atoms in total. The number of hydrogen-bond acceptors (Lipinski definition) is 4. The lowest BCUT2D eigenvalue weighted by molar-refractivity contribution is -0.152. The fourth-order valence-corrected chi connectivity index (χ4v) is 3.57. The summed E-state index contributed by atoms with van der Waals surface area (Å²) in [5.41, 5.74) is 0. The second-order valence-electron chi connectivity index (χ2n) is 6.95. The molecule has 0 saturated carbocycles. The second kappa shape index (κ2) is 7.01. The van der Waals surface area contributed by atoms with E-state index in [0.29, 0.717) is 45.2 Å². The molecule has 2 saturated heterocycles. The molecule has 128 valence electrons. The summed E-state index contributed by atoms with van der Waals surface area (Å²) in [7, 11) is 4.08. The van der Waals surface area contributed by atoms with Gasteiger partial charge in [-0.15, -0.1) is 0 Å². The van der Waals surface area contributed by atoms with Crippen LogP contribution in [0.2, 0.25) is 0 Å². The molecule has 0 radical (unpaired) electrons. The predicted octanol–water partition coefficient (Wildman–Crippen LogP) is 0.200. The molecule has 2 aliphatic heterocycles. The van der Waals surface area contributed by atoms with E-state index in [0.717, 1.165) is 13.1 Å². The van der Waals surface area contributed by atoms with E-state index in [2.05, 4.69) is 11.0 Å². The largest absolute Gasteiger partial charge is 0.378 e. The van der Waals surface area contributed by atoms with E-state index < -0.39 is 0 Å². The maximum absolute atomic E-state index is 12.8. The normalized spacial score (nSPS) is 28.8. The quantitative estimate of drug-likeness (QED) is 0.697. The lowest BCUT2D eigenvalue weighted by atomic mass is 9.80. The molecule has 0 aromatic carbocycles. The number of nitrogens with zero attached hydrogens (tertiary/aromatic N) is 3. The van der Waals surface area contributed by atoms with Crippen molar-refractivity contribution in [2.75, 3.05) is 53.5 Å². The molecule has 2 unspecified atom stereocenters. The third-order valence-electron chi connectivity index (χ3n) is 5.29. The summed E-state index contributed by atoms with van der Waals surface area (Å²) in [4.78, 5) is 31.6. The number of allylic oxidation sites excluding steroid dienone is 2. The van der Waals surface area contributed by atoms with Crippen molar-refractivity contribution in [3.05, 3.63) is 12.2 Å². The molecular formula is C17H27N3O3. The Bertz CT molecular complexity index is 479. The molecule has 2 atom stereocenters. The minimum Gasteiger partial charge on any atom is -0.378 e. The van der Waals surface area contributed by atoms with Crippen LogP contribution in [0.5, 0.6) is 0 Å². The van der Waals surface area contributed by atoms with Crippen molar-refractivity contribution in [1.82, 2.24) is 14.7 Å². The van der Waals surface area contributed by atoms with Crippen LogP contribution >= 0.6 is 0 Å². The molecule has 2 fully saturated rings. The van der Waals surface area contributed by atoms with E-state index >= 15 is 0 Å². The third kappa shape index (κ3) is 3.43. The number of carbonyl (C=O) groups is 2. The topological polar surface area (TPSA) is 53.1 Å². The summed E-state index contributed by atoms with van der Waals surface area (Å²) in [6, 6.07) is 0.450. The molecule has 3 rings (SSSR count). The Hall–Kier alpha value is -1.40. The second-order valence-corrected chi connectivity index (χ2v) is 6.95. The highest BCUT2D eigenvalue weighted by atomic mass is 16.5. The molecule has 0 N–H and O–H groups in total. The van der Waals surface area contributed by atoms with Crippen LogP contribution in [0.3, 0.4) is 0 Å². The first-order valence-electron chi connectivity index (χ1n) is 8.54. The summed E-state index contributed by atoms with van der Waals surface area (Å²) < 4.78 is 5.32. The molecule has 3 aliphatic rings. The monoisotopic (exact) mass is 321 g/mol. The minimum absolute atomic E-state index is 0.126. The van der Waals surface area contributed by atoms with Gasteiger partial charge >= 0.3 is 0 Å². The SMILES string of the molecule is CN(C)C1CN(C(=O)C2CC=CCC2C(=O)N2CCOCC2)C1. The number of likely N-dealkylation sites (tertiary alicyclic amines) is 1. The molecule has 0 spiro atoms. The van der Waals surface area contributed by atoms with Crippen LogP contribution in [-0.2, 0) is 14.3 Å². The summed E-state index contributed by atoms with van der Waals surface area (Å²) in [5, 5.41) is 0. The van der Waals surface area contributed by atoms with Crippen molar-refractivity contribution in [2.24, 2.45) is 11.8 Å². The first kappa shape index (κ1) is 16.5. The van der Waals surface area contributed by atoms with Gasteiger partial charge in [-0.3, -0.25) is 9.59 Å². The van der Waals surface area contributed by atoms with Crippen LogP contribution in [-0.4, -0.2) is 86.0 Å². The Kier molecular flexibility index (Phi) is 5.02. The van der Waals surface area contributed by atoms with Gasteiger partial charge in [0, 0.05) is 32.2 Å². The van der Waals surface area contributed by atoms with E-state index in [4.69, 9.17) is 4.74 Å². The van der Waals surface area contributed by atoms with Crippen molar-refractivity contribution in [2.45, 2.75) is 18.9 Å². The average Bonchev–Trinajstić information content (AvgIpc) is 2.53. The van der Waals surface area contributed by atoms with Gasteiger partial charge in [-0.1, -0.05) is 12.2 Å². The Morgan fingerprint density at radius 1 is 0.957 bits per heavy atom. The zero-order chi connectivity index (χ0) is 16.4. The van der Waals surface area contributed by atoms with Crippen LogP contribution < -0.4 is 0 Å². The number of amides is 2. The first-order valence-corrected chi connectivity index (χ1v) is 8.54. The van der Waals surface area contributed by atoms with E-state index in [-0.39, 0.29) is 23.7 Å². The maximum Gasteiger partial charge on any atom is 0.226 e. The third-order valence-corrected chi connectivity index (χ3v) is 5.29. The van der Waals surface area contributed by atoms with Crippen LogP contribution in [0.25, 0.3) is 0 Å². The van der Waals surface area contributed by atoms with Gasteiger partial charge in [0.25, 0.3) is 0 Å². The highest BCUT2D eigenvalue weighted by Crippen LogP contribution is 2.31. The molecule has 1 aliphatic carbocycles. The number of morpholine rings is 1. The highest BCUT2D eigenvalue weighted by Gasteiger charge is 2.42. The van der Waals surface area contributed by atoms with Gasteiger partial charge < -0.3 is 19.4 Å². The van der Waals surface area contributed by atoms with E-state index in [9.17, 15) is 9.59 Å². The highest BCUT2D eigenvalue weighted by molar-refractivity contribution is 5.88. The van der Waals surface area contributed by atoms with Crippen molar-refractivity contribution < 1.29 is 14.3 Å². The molecule has 0 aromatic heterocycles. The van der Waals surface area contributed by atoms with E-state index in [1.807, 2.05) is 30.0 Å². The Morgan fingerprint density at radius 2 is 1.48 bits per heavy atom. The molecule has 6 heteroatoms. The van der Waals surface area contributed by atoms with Crippen LogP contribution in [0, 0.1) is 11.8 Å². The zero-order valence-corrected chi connectivity index (χ0v) is 14.1. The van der Waals surface area contributed by atoms with Crippen LogP contribution in [0.4, 0.5) is 0 Å². The minimum atomic E-state index is -0.205. The Labute approximate surface area is 138 Å². The zero-order valence-electron chi connectivity index (χ0n) is 14.1. The molecule has 0 aromatic rings. The summed E-state index contributed by atoms with van der Waals surface area (Å²) in [6.45, 7) is 4.06. The summed E-state index contributed by atoms with van der Waals surface area (Å²) in [6.07, 6.45) is 5.46. The first-order chi connectivity index (χ1) is 11.1. The fraction of sp³-hybridized carbons (Fsp3) is 0.765. The van der Waals surface area contributed by atoms with Gasteiger partial charge in [-0.2, -0.15) is 0 Å². The molecular weight excluding hydrogens is 294 g/mol. The lowest BCUT2D eigenvalue weighted by Crippen LogP contribution is -2.61. The lowest BCUT2D eigenvalue weighted by Gasteiger charge is -2.45. The fourth-order valence-electron chi connectivity index (χ4n) is 3.57. The molecule has 0 bridgehead atoms. The Morgan fingerprint density at radius 3 is 2.00 bits per heavy atom. The van der Waals surface area contributed by atoms with E-state index in [1.165, 1.54) is 0 Å². The van der Waals surface area contributed by atoms with Gasteiger partial charge in [0.15, 0.2) is 0 Å². The van der Waals surface area contributed by atoms with Gasteiger partial charge in [0.05, 0.1) is 25.0 Å². The maximum atomic E-state index is 12.8. The summed E-state index contributed by atoms with van der Waals surface area (Å²) >= 11 is 0. The number of hydrogen-bond donors (Lipinski definition) is 0. The van der Waals surface area contributed by atoms with Gasteiger partial charge in [-0.05, 0) is 26.9 Å². The number of ether oxygens (including phenoxy) is 1. The van der Waals surface area contributed by atoms with Crippen molar-refractivity contribution in [3.8, 4) is 0 Å². The van der Waals surface area contributed by atoms with Gasteiger partial charge in [0.1, 0.15) is 0 Å². The van der Waals surface area contributed by atoms with Crippen LogP contribution in [0.1, 0.15) is 12.8 Å². The van der Waals surface area contributed by atoms with Gasteiger partial charge in [-0.25, -0.2) is 0 Å². The molecule has 23 heavy (non-hydrogen) atoms. The smallest absolute Gasteiger partial charge is 0.226 e.